The molecule has 152 valence electrons. The maximum absolute atomic E-state index is 12.8. The van der Waals surface area contributed by atoms with Crippen molar-refractivity contribution in [1.82, 2.24) is 0 Å². The molecule has 2 aromatic rings. The van der Waals surface area contributed by atoms with Gasteiger partial charge in [-0.15, -0.1) is 11.8 Å². The summed E-state index contributed by atoms with van der Waals surface area (Å²) in [6.07, 6.45) is 1.58. The van der Waals surface area contributed by atoms with Crippen LogP contribution in [0.5, 0.6) is 0 Å². The van der Waals surface area contributed by atoms with Gasteiger partial charge in [-0.05, 0) is 6.26 Å². The number of benzene rings is 2. The Morgan fingerprint density at radius 3 is 1.97 bits per heavy atom. The third-order valence-electron chi connectivity index (χ3n) is 3.40. The lowest BCUT2D eigenvalue weighted by molar-refractivity contribution is -0.427. The molecule has 0 saturated heterocycles. The summed E-state index contributed by atoms with van der Waals surface area (Å²) in [5.74, 6) is -0.270. The average Bonchev–Trinajstić information content (AvgIpc) is 2.66. The summed E-state index contributed by atoms with van der Waals surface area (Å²) in [4.78, 5) is 28.5. The van der Waals surface area contributed by atoms with Gasteiger partial charge in [0, 0.05) is 23.1 Å². The van der Waals surface area contributed by atoms with Gasteiger partial charge in [0.2, 0.25) is 0 Å². The molecule has 12 nitrogen and oxygen atoms in total. The molecule has 0 heterocycles. The smallest absolute Gasteiger partial charge is 0.375 e. The van der Waals surface area contributed by atoms with Crippen molar-refractivity contribution < 1.29 is 27.4 Å². The lowest BCUT2D eigenvalue weighted by Gasteiger charge is -2.11. The molecule has 0 N–H and O–H groups in total. The molecule has 0 spiro atoms. The first-order valence-corrected chi connectivity index (χ1v) is 10.1. The molecular formula is C15H11N3O9S2. The van der Waals surface area contributed by atoms with Gasteiger partial charge in [0.15, 0.2) is 5.76 Å². The predicted octanol–water partition coefficient (Wildman–Crippen LogP) is 3.48. The zero-order chi connectivity index (χ0) is 21.8. The minimum Gasteiger partial charge on any atom is -0.377 e. The van der Waals surface area contributed by atoms with Crippen LogP contribution in [-0.4, -0.2) is 29.4 Å². The third kappa shape index (κ3) is 4.67. The van der Waals surface area contributed by atoms with Crippen LogP contribution in [-0.2, 0) is 14.3 Å². The number of thioether (sulfide) groups is 1. The standard InChI is InChI=1S/C15H11N3O9S2/c1-28-9-13(10-5-3-2-4-6-10)27-29(25,26)15-12(17(21)22)8-7-11(16(19)20)14(15)18(23)24/h2-9H,1H3/b13-9+. The van der Waals surface area contributed by atoms with Crippen molar-refractivity contribution in [2.75, 3.05) is 6.26 Å². The number of hydrogen-bond acceptors (Lipinski definition) is 10. The summed E-state index contributed by atoms with van der Waals surface area (Å²) in [7, 11) is -5.21. The van der Waals surface area contributed by atoms with Crippen molar-refractivity contribution >= 4 is 44.7 Å². The molecule has 14 heteroatoms. The summed E-state index contributed by atoms with van der Waals surface area (Å²) >= 11 is 1.04. The van der Waals surface area contributed by atoms with Crippen molar-refractivity contribution in [2.24, 2.45) is 0 Å². The molecule has 0 atom stereocenters. The summed E-state index contributed by atoms with van der Waals surface area (Å²) in [6.45, 7) is 0. The van der Waals surface area contributed by atoms with Crippen LogP contribution >= 0.6 is 11.8 Å². The molecule has 0 amide bonds. The second kappa shape index (κ2) is 8.66. The molecule has 0 unspecified atom stereocenters. The van der Waals surface area contributed by atoms with E-state index in [1.807, 2.05) is 0 Å². The van der Waals surface area contributed by atoms with Crippen LogP contribution in [0, 0.1) is 30.3 Å². The van der Waals surface area contributed by atoms with Crippen LogP contribution in [0.1, 0.15) is 5.56 Å². The lowest BCUT2D eigenvalue weighted by atomic mass is 10.2. The highest BCUT2D eigenvalue weighted by atomic mass is 32.2. The van der Waals surface area contributed by atoms with Crippen molar-refractivity contribution in [3.05, 3.63) is 83.8 Å². The Hall–Kier alpha value is -3.52. The Labute approximate surface area is 167 Å². The van der Waals surface area contributed by atoms with E-state index in [0.717, 1.165) is 11.8 Å². The van der Waals surface area contributed by atoms with Crippen LogP contribution < -0.4 is 0 Å². The summed E-state index contributed by atoms with van der Waals surface area (Å²) < 4.78 is 30.6. The van der Waals surface area contributed by atoms with E-state index < -0.39 is 46.8 Å². The topological polar surface area (TPSA) is 173 Å². The van der Waals surface area contributed by atoms with Crippen LogP contribution in [0.3, 0.4) is 0 Å². The van der Waals surface area contributed by atoms with Gasteiger partial charge in [-0.2, -0.15) is 8.42 Å². The summed E-state index contributed by atoms with van der Waals surface area (Å²) in [5.41, 5.74) is -3.74. The third-order valence-corrected chi connectivity index (χ3v) is 5.15. The number of nitrogens with zero attached hydrogens (tertiary/aromatic N) is 3. The highest BCUT2D eigenvalue weighted by molar-refractivity contribution is 8.01. The first-order chi connectivity index (χ1) is 13.6. The highest BCUT2D eigenvalue weighted by Crippen LogP contribution is 2.41. The molecule has 2 aromatic carbocycles. The van der Waals surface area contributed by atoms with E-state index in [0.29, 0.717) is 12.1 Å². The largest absolute Gasteiger partial charge is 0.377 e. The number of nitro benzene ring substituents is 3. The minimum absolute atomic E-state index is 0.265. The van der Waals surface area contributed by atoms with E-state index in [2.05, 4.69) is 0 Å². The van der Waals surface area contributed by atoms with Crippen molar-refractivity contribution in [1.29, 1.82) is 0 Å². The van der Waals surface area contributed by atoms with Crippen LogP contribution in [0.2, 0.25) is 0 Å². The highest BCUT2D eigenvalue weighted by Gasteiger charge is 2.44. The maximum atomic E-state index is 12.8. The fourth-order valence-corrected chi connectivity index (χ4v) is 4.01. The Morgan fingerprint density at radius 2 is 1.48 bits per heavy atom. The Balaban J connectivity index is 2.78. The zero-order valence-corrected chi connectivity index (χ0v) is 16.1. The Kier molecular flexibility index (Phi) is 6.50. The van der Waals surface area contributed by atoms with Crippen molar-refractivity contribution in [3.63, 3.8) is 0 Å². The number of nitro groups is 3. The molecule has 0 bridgehead atoms. The maximum Gasteiger partial charge on any atom is 0.375 e. The molecule has 29 heavy (non-hydrogen) atoms. The molecule has 0 aromatic heterocycles. The number of hydrogen-bond donors (Lipinski definition) is 0. The Bertz CT molecular complexity index is 1120. The Morgan fingerprint density at radius 1 is 0.931 bits per heavy atom. The quantitative estimate of drug-likeness (QED) is 0.255. The molecule has 0 aliphatic rings. The summed E-state index contributed by atoms with van der Waals surface area (Å²) in [6, 6.07) is 8.73. The van der Waals surface area contributed by atoms with E-state index in [1.54, 1.807) is 24.5 Å². The van der Waals surface area contributed by atoms with Crippen LogP contribution in [0.15, 0.2) is 52.8 Å². The van der Waals surface area contributed by atoms with Gasteiger partial charge in [-0.3, -0.25) is 30.3 Å². The zero-order valence-electron chi connectivity index (χ0n) is 14.5. The molecule has 2 rings (SSSR count). The molecule has 0 fully saturated rings. The van der Waals surface area contributed by atoms with Gasteiger partial charge in [-0.25, -0.2) is 0 Å². The fraction of sp³-hybridized carbons (Fsp3) is 0.0667. The average molecular weight is 441 g/mol. The number of rotatable bonds is 8. The molecule has 0 radical (unpaired) electrons. The van der Waals surface area contributed by atoms with Gasteiger partial charge in [0.25, 0.3) is 10.6 Å². The van der Waals surface area contributed by atoms with E-state index in [1.165, 1.54) is 17.5 Å². The SMILES string of the molecule is CS/C=C(/OS(=O)(=O)c1c([N+](=O)[O-])ccc([N+](=O)[O-])c1[N+](=O)[O-])c1ccccc1. The fourth-order valence-electron chi connectivity index (χ4n) is 2.27. The second-order valence-corrected chi connectivity index (χ2v) is 7.36. The van der Waals surface area contributed by atoms with Gasteiger partial charge in [-0.1, -0.05) is 30.3 Å². The minimum atomic E-state index is -5.21. The molecular weight excluding hydrogens is 430 g/mol. The van der Waals surface area contributed by atoms with Crippen molar-refractivity contribution in [3.8, 4) is 0 Å². The molecule has 0 saturated carbocycles. The van der Waals surface area contributed by atoms with Gasteiger partial charge in [0.1, 0.15) is 0 Å². The van der Waals surface area contributed by atoms with Gasteiger partial charge >= 0.3 is 21.5 Å². The van der Waals surface area contributed by atoms with Crippen LogP contribution in [0.4, 0.5) is 17.1 Å². The summed E-state index contributed by atoms with van der Waals surface area (Å²) in [5, 5.41) is 35.0. The van der Waals surface area contributed by atoms with Crippen LogP contribution in [0.25, 0.3) is 5.76 Å². The predicted molar refractivity (Wildman–Crippen MR) is 103 cm³/mol. The first-order valence-electron chi connectivity index (χ1n) is 7.43. The van der Waals surface area contributed by atoms with Gasteiger partial charge in [0.05, 0.1) is 14.8 Å². The van der Waals surface area contributed by atoms with E-state index in [-0.39, 0.29) is 11.3 Å². The van der Waals surface area contributed by atoms with E-state index in [9.17, 15) is 38.8 Å². The monoisotopic (exact) mass is 441 g/mol. The van der Waals surface area contributed by atoms with E-state index >= 15 is 0 Å². The van der Waals surface area contributed by atoms with Gasteiger partial charge < -0.3 is 4.18 Å². The van der Waals surface area contributed by atoms with Crippen molar-refractivity contribution in [2.45, 2.75) is 4.90 Å². The second-order valence-electron chi connectivity index (χ2n) is 5.17. The normalized spacial score (nSPS) is 11.7. The molecule has 0 aliphatic heterocycles. The lowest BCUT2D eigenvalue weighted by Crippen LogP contribution is -2.13. The molecule has 0 aliphatic carbocycles. The first kappa shape index (κ1) is 21.8. The van der Waals surface area contributed by atoms with E-state index in [4.69, 9.17) is 4.18 Å².